The number of amides is 1. The Morgan fingerprint density at radius 2 is 1.54 bits per heavy atom. The highest BCUT2D eigenvalue weighted by molar-refractivity contribution is 5.90. The van der Waals surface area contributed by atoms with Gasteiger partial charge in [0.2, 0.25) is 5.91 Å². The molecule has 2 aromatic rings. The molecule has 3 aliphatic rings. The van der Waals surface area contributed by atoms with E-state index in [0.717, 1.165) is 12.8 Å². The van der Waals surface area contributed by atoms with Crippen LogP contribution in [0.4, 0.5) is 26.3 Å². The van der Waals surface area contributed by atoms with Crippen LogP contribution in [0.2, 0.25) is 0 Å². The number of hydrogen-bond donors (Lipinski definition) is 1. The fourth-order valence-corrected chi connectivity index (χ4v) is 6.60. The highest BCUT2D eigenvalue weighted by Gasteiger charge is 2.45. The van der Waals surface area contributed by atoms with Crippen molar-refractivity contribution in [3.63, 3.8) is 0 Å². The Bertz CT molecular complexity index is 1240. The lowest BCUT2D eigenvalue weighted by Gasteiger charge is -2.37. The number of benzene rings is 2. The third-order valence-corrected chi connectivity index (χ3v) is 8.49. The SMILES string of the molecule is O=C(O)C1CC2CCC(C1)N2C(=O)Cc1ccc2c(C(F)(F)F)c(O[C@H]3CC[C@@H](C(F)(F)F)CC3)ccc2c1. The molecule has 212 valence electrons. The van der Waals surface area contributed by atoms with Gasteiger partial charge in [0.05, 0.1) is 24.4 Å². The van der Waals surface area contributed by atoms with E-state index < -0.39 is 47.6 Å². The molecule has 2 atom stereocenters. The molecule has 39 heavy (non-hydrogen) atoms. The summed E-state index contributed by atoms with van der Waals surface area (Å²) in [5.41, 5.74) is -0.441. The number of alkyl halides is 6. The quantitative estimate of drug-likeness (QED) is 0.413. The molecule has 1 saturated carbocycles. The van der Waals surface area contributed by atoms with Gasteiger partial charge >= 0.3 is 18.3 Å². The molecule has 1 N–H and O–H groups in total. The second-order valence-corrected chi connectivity index (χ2v) is 11.0. The Hall–Kier alpha value is -2.98. The number of hydrogen-bond acceptors (Lipinski definition) is 3. The molecule has 2 aromatic carbocycles. The molecule has 2 aliphatic heterocycles. The summed E-state index contributed by atoms with van der Waals surface area (Å²) in [4.78, 5) is 26.3. The molecule has 1 aliphatic carbocycles. The van der Waals surface area contributed by atoms with Crippen molar-refractivity contribution in [2.75, 3.05) is 0 Å². The maximum atomic E-state index is 14.2. The maximum Gasteiger partial charge on any atom is 0.420 e. The Labute approximate surface area is 221 Å². The predicted molar refractivity (Wildman–Crippen MR) is 129 cm³/mol. The normalized spacial score (nSPS) is 27.5. The van der Waals surface area contributed by atoms with Gasteiger partial charge in [0.1, 0.15) is 11.3 Å². The van der Waals surface area contributed by atoms with E-state index in [2.05, 4.69) is 0 Å². The van der Waals surface area contributed by atoms with Gasteiger partial charge in [-0.05, 0) is 73.8 Å². The molecule has 2 unspecified atom stereocenters. The van der Waals surface area contributed by atoms with Gasteiger partial charge in [-0.15, -0.1) is 0 Å². The van der Waals surface area contributed by atoms with Crippen molar-refractivity contribution in [3.05, 3.63) is 41.5 Å². The molecule has 0 spiro atoms. The summed E-state index contributed by atoms with van der Waals surface area (Å²) in [5, 5.41) is 9.52. The number of carboxylic acids is 1. The van der Waals surface area contributed by atoms with Gasteiger partial charge in [-0.25, -0.2) is 0 Å². The topological polar surface area (TPSA) is 66.8 Å². The number of nitrogens with zero attached hydrogens (tertiary/aromatic N) is 1. The van der Waals surface area contributed by atoms with Crippen LogP contribution in [0.1, 0.15) is 62.5 Å². The first-order valence-corrected chi connectivity index (χ1v) is 13.2. The fraction of sp³-hybridized carbons (Fsp3) is 0.571. The highest BCUT2D eigenvalue weighted by atomic mass is 19.4. The molecule has 0 radical (unpaired) electrons. The number of aliphatic carboxylic acids is 1. The van der Waals surface area contributed by atoms with Gasteiger partial charge < -0.3 is 14.7 Å². The van der Waals surface area contributed by atoms with Gasteiger partial charge in [0.15, 0.2) is 0 Å². The largest absolute Gasteiger partial charge is 0.490 e. The van der Waals surface area contributed by atoms with Crippen molar-refractivity contribution >= 4 is 22.6 Å². The fourth-order valence-electron chi connectivity index (χ4n) is 6.60. The van der Waals surface area contributed by atoms with Gasteiger partial charge in [0, 0.05) is 12.1 Å². The van der Waals surface area contributed by atoms with Crippen LogP contribution in [0.15, 0.2) is 30.3 Å². The lowest BCUT2D eigenvalue weighted by Crippen LogP contribution is -2.48. The van der Waals surface area contributed by atoms with E-state index in [4.69, 9.17) is 4.74 Å². The van der Waals surface area contributed by atoms with E-state index in [-0.39, 0.29) is 60.9 Å². The molecule has 2 heterocycles. The minimum Gasteiger partial charge on any atom is -0.490 e. The van der Waals surface area contributed by atoms with Crippen LogP contribution >= 0.6 is 0 Å². The second-order valence-electron chi connectivity index (χ2n) is 11.0. The summed E-state index contributed by atoms with van der Waals surface area (Å²) >= 11 is 0. The van der Waals surface area contributed by atoms with E-state index in [9.17, 15) is 41.0 Å². The van der Waals surface area contributed by atoms with Gasteiger partial charge in [-0.2, -0.15) is 26.3 Å². The molecule has 1 amide bonds. The van der Waals surface area contributed by atoms with Crippen LogP contribution in [0.25, 0.3) is 10.8 Å². The van der Waals surface area contributed by atoms with Crippen molar-refractivity contribution in [1.29, 1.82) is 0 Å². The monoisotopic (exact) mass is 557 g/mol. The zero-order valence-corrected chi connectivity index (χ0v) is 21.0. The number of rotatable bonds is 5. The van der Waals surface area contributed by atoms with Crippen molar-refractivity contribution in [2.45, 2.75) is 88.3 Å². The van der Waals surface area contributed by atoms with Crippen LogP contribution in [0.5, 0.6) is 5.75 Å². The zero-order chi connectivity index (χ0) is 28.1. The summed E-state index contributed by atoms with van der Waals surface area (Å²) in [5.74, 6) is -3.37. The number of carbonyl (C=O) groups is 2. The highest BCUT2D eigenvalue weighted by Crippen LogP contribution is 2.44. The summed E-state index contributed by atoms with van der Waals surface area (Å²) < 4.78 is 87.0. The average Bonchev–Trinajstić information content (AvgIpc) is 3.12. The first-order chi connectivity index (χ1) is 18.3. The molecule has 0 aromatic heterocycles. The smallest absolute Gasteiger partial charge is 0.420 e. The van der Waals surface area contributed by atoms with Crippen LogP contribution in [-0.4, -0.2) is 46.2 Å². The summed E-state index contributed by atoms with van der Waals surface area (Å²) in [6.45, 7) is 0. The van der Waals surface area contributed by atoms with Gasteiger partial charge in [-0.1, -0.05) is 24.3 Å². The molecule has 3 fully saturated rings. The number of piperidine rings is 1. The summed E-state index contributed by atoms with van der Waals surface area (Å²) in [6, 6.07) is 6.70. The number of ether oxygens (including phenoxy) is 1. The van der Waals surface area contributed by atoms with E-state index in [1.54, 1.807) is 4.90 Å². The van der Waals surface area contributed by atoms with Crippen molar-refractivity contribution in [2.24, 2.45) is 11.8 Å². The molecule has 2 bridgehead atoms. The minimum atomic E-state index is -4.76. The predicted octanol–water partition coefficient (Wildman–Crippen LogP) is 6.76. The molecule has 2 saturated heterocycles. The lowest BCUT2D eigenvalue weighted by atomic mass is 9.87. The number of carbonyl (C=O) groups excluding carboxylic acids is 1. The van der Waals surface area contributed by atoms with Crippen molar-refractivity contribution in [3.8, 4) is 5.75 Å². The summed E-state index contributed by atoms with van der Waals surface area (Å²) in [6.07, 6.45) is -7.86. The molecule has 5 nitrogen and oxygen atoms in total. The first-order valence-electron chi connectivity index (χ1n) is 13.2. The van der Waals surface area contributed by atoms with Crippen LogP contribution in [0.3, 0.4) is 0 Å². The number of carboxylic acid groups (broad SMARTS) is 1. The number of halogens is 6. The molecule has 11 heteroatoms. The first kappa shape index (κ1) is 27.6. The van der Waals surface area contributed by atoms with Crippen LogP contribution in [0, 0.1) is 11.8 Å². The Kier molecular flexibility index (Phi) is 7.22. The third kappa shape index (κ3) is 5.68. The van der Waals surface area contributed by atoms with Gasteiger partial charge in [0.25, 0.3) is 0 Å². The summed E-state index contributed by atoms with van der Waals surface area (Å²) in [7, 11) is 0. The third-order valence-electron chi connectivity index (χ3n) is 8.49. The zero-order valence-electron chi connectivity index (χ0n) is 21.0. The standard InChI is InChI=1S/C28H29F6NO4/c29-27(30,31)18-3-7-21(8-4-18)39-23-10-2-16-11-15(1-9-22(16)25(23)28(32,33)34)12-24(36)35-19-5-6-20(35)14-17(13-19)26(37)38/h1-2,9-11,17-21H,3-8,12-14H2,(H,37,38)/t17?,18-,19?,20?,21+. The average molecular weight is 558 g/mol. The Balaban J connectivity index is 1.33. The van der Waals surface area contributed by atoms with E-state index in [1.165, 1.54) is 30.3 Å². The van der Waals surface area contributed by atoms with Crippen molar-refractivity contribution < 1.29 is 45.8 Å². The number of fused-ring (bicyclic) bond motifs is 3. The molecular formula is C28H29F6NO4. The van der Waals surface area contributed by atoms with Crippen LogP contribution < -0.4 is 4.74 Å². The minimum absolute atomic E-state index is 0.0112. The lowest BCUT2D eigenvalue weighted by molar-refractivity contribution is -0.185. The van der Waals surface area contributed by atoms with E-state index >= 15 is 0 Å². The second kappa shape index (κ2) is 10.2. The molecular weight excluding hydrogens is 528 g/mol. The molecule has 5 rings (SSSR count). The Morgan fingerprint density at radius 3 is 2.10 bits per heavy atom. The Morgan fingerprint density at radius 1 is 0.897 bits per heavy atom. The van der Waals surface area contributed by atoms with Crippen LogP contribution in [-0.2, 0) is 22.2 Å². The van der Waals surface area contributed by atoms with E-state index in [1.807, 2.05) is 0 Å². The maximum absolute atomic E-state index is 14.2. The van der Waals surface area contributed by atoms with Crippen molar-refractivity contribution in [1.82, 2.24) is 4.90 Å². The van der Waals surface area contributed by atoms with Gasteiger partial charge in [-0.3, -0.25) is 9.59 Å². The van der Waals surface area contributed by atoms with E-state index in [0.29, 0.717) is 18.4 Å².